The van der Waals surface area contributed by atoms with Gasteiger partial charge in [0.05, 0.1) is 6.61 Å². The number of nitrogens with zero attached hydrogens (tertiary/aromatic N) is 3. The molecule has 4 nitrogen and oxygen atoms in total. The van der Waals surface area contributed by atoms with Crippen LogP contribution in [-0.2, 0) is 0 Å². The molecule has 2 fully saturated rings. The standard InChI is InChI=1S/C20H33N3O/c1-3-16-24-20-8-6-19(7-9-20)23-14-12-22(13-15-23)11-10-21(2)17-18-4-5-18/h6-9,18H,3-5,10-17H2,1-2H3. The van der Waals surface area contributed by atoms with Crippen molar-refractivity contribution in [1.82, 2.24) is 9.80 Å². The second-order valence-electron chi connectivity index (χ2n) is 7.38. The Bertz CT molecular complexity index is 478. The Labute approximate surface area is 147 Å². The Morgan fingerprint density at radius 1 is 1.08 bits per heavy atom. The summed E-state index contributed by atoms with van der Waals surface area (Å²) in [5, 5.41) is 0. The number of likely N-dealkylation sites (N-methyl/N-ethyl adjacent to an activating group) is 1. The van der Waals surface area contributed by atoms with E-state index in [9.17, 15) is 0 Å². The highest BCUT2D eigenvalue weighted by molar-refractivity contribution is 5.49. The molecule has 0 unspecified atom stereocenters. The second-order valence-corrected chi connectivity index (χ2v) is 7.38. The SMILES string of the molecule is CCCOc1ccc(N2CCN(CCN(C)CC3CC3)CC2)cc1. The minimum Gasteiger partial charge on any atom is -0.494 e. The minimum atomic E-state index is 0.799. The predicted molar refractivity (Wildman–Crippen MR) is 101 cm³/mol. The van der Waals surface area contributed by atoms with Crippen LogP contribution in [-0.4, -0.2) is 69.3 Å². The zero-order chi connectivity index (χ0) is 16.8. The normalized spacial score (nSPS) is 19.0. The molecule has 1 aliphatic heterocycles. The van der Waals surface area contributed by atoms with Gasteiger partial charge in [-0.25, -0.2) is 0 Å². The van der Waals surface area contributed by atoms with Crippen molar-refractivity contribution < 1.29 is 4.74 Å². The van der Waals surface area contributed by atoms with Crippen LogP contribution in [0.3, 0.4) is 0 Å². The average molecular weight is 332 g/mol. The largest absolute Gasteiger partial charge is 0.494 e. The van der Waals surface area contributed by atoms with Gasteiger partial charge in [0.25, 0.3) is 0 Å². The molecule has 0 aromatic heterocycles. The summed E-state index contributed by atoms with van der Waals surface area (Å²) >= 11 is 0. The molecular formula is C20H33N3O. The molecule has 0 bridgehead atoms. The predicted octanol–water partition coefficient (Wildman–Crippen LogP) is 2.94. The zero-order valence-electron chi connectivity index (χ0n) is 15.4. The van der Waals surface area contributed by atoms with Gasteiger partial charge in [0.15, 0.2) is 0 Å². The number of hydrogen-bond acceptors (Lipinski definition) is 4. The number of benzene rings is 1. The van der Waals surface area contributed by atoms with Gasteiger partial charge in [-0.3, -0.25) is 4.90 Å². The Hall–Kier alpha value is -1.26. The third-order valence-electron chi connectivity index (χ3n) is 5.11. The van der Waals surface area contributed by atoms with Crippen LogP contribution in [0.5, 0.6) is 5.75 Å². The second kappa shape index (κ2) is 8.72. The van der Waals surface area contributed by atoms with Crippen molar-refractivity contribution in [2.75, 3.05) is 64.4 Å². The van der Waals surface area contributed by atoms with Crippen molar-refractivity contribution in [3.8, 4) is 5.75 Å². The first-order valence-electron chi connectivity index (χ1n) is 9.63. The van der Waals surface area contributed by atoms with E-state index >= 15 is 0 Å². The molecule has 0 amide bonds. The van der Waals surface area contributed by atoms with Crippen molar-refractivity contribution in [3.63, 3.8) is 0 Å². The van der Waals surface area contributed by atoms with Crippen LogP contribution in [0.25, 0.3) is 0 Å². The lowest BCUT2D eigenvalue weighted by atomic mass is 10.2. The van der Waals surface area contributed by atoms with Gasteiger partial charge in [0, 0.05) is 51.5 Å². The summed E-state index contributed by atoms with van der Waals surface area (Å²) in [4.78, 5) is 7.62. The van der Waals surface area contributed by atoms with Crippen LogP contribution >= 0.6 is 0 Å². The van der Waals surface area contributed by atoms with Crippen molar-refractivity contribution >= 4 is 5.69 Å². The smallest absolute Gasteiger partial charge is 0.119 e. The van der Waals surface area contributed by atoms with Crippen LogP contribution < -0.4 is 9.64 Å². The molecule has 0 atom stereocenters. The Morgan fingerprint density at radius 2 is 1.79 bits per heavy atom. The van der Waals surface area contributed by atoms with E-state index in [4.69, 9.17) is 4.74 Å². The third-order valence-corrected chi connectivity index (χ3v) is 5.11. The number of hydrogen-bond donors (Lipinski definition) is 0. The Morgan fingerprint density at radius 3 is 2.42 bits per heavy atom. The first-order chi connectivity index (χ1) is 11.7. The van der Waals surface area contributed by atoms with E-state index in [0.717, 1.165) is 37.8 Å². The maximum Gasteiger partial charge on any atom is 0.119 e. The molecule has 1 aromatic rings. The van der Waals surface area contributed by atoms with Gasteiger partial charge in [-0.2, -0.15) is 0 Å². The molecule has 1 aliphatic carbocycles. The number of anilines is 1. The monoisotopic (exact) mass is 331 g/mol. The van der Waals surface area contributed by atoms with E-state index < -0.39 is 0 Å². The van der Waals surface area contributed by atoms with Crippen molar-refractivity contribution in [2.24, 2.45) is 5.92 Å². The summed E-state index contributed by atoms with van der Waals surface area (Å²) in [6, 6.07) is 8.60. The van der Waals surface area contributed by atoms with E-state index in [0.29, 0.717) is 0 Å². The fourth-order valence-corrected chi connectivity index (χ4v) is 3.35. The van der Waals surface area contributed by atoms with Gasteiger partial charge in [-0.15, -0.1) is 0 Å². The zero-order valence-corrected chi connectivity index (χ0v) is 15.4. The first kappa shape index (κ1) is 17.6. The van der Waals surface area contributed by atoms with Crippen LogP contribution in [0.4, 0.5) is 5.69 Å². The van der Waals surface area contributed by atoms with E-state index in [2.05, 4.69) is 52.9 Å². The van der Waals surface area contributed by atoms with Crippen molar-refractivity contribution in [1.29, 1.82) is 0 Å². The topological polar surface area (TPSA) is 19.0 Å². The van der Waals surface area contributed by atoms with E-state index in [1.165, 1.54) is 51.3 Å². The molecule has 24 heavy (non-hydrogen) atoms. The Kier molecular flexibility index (Phi) is 6.38. The summed E-state index contributed by atoms with van der Waals surface area (Å²) in [5.74, 6) is 1.98. The third kappa shape index (κ3) is 5.38. The number of piperazine rings is 1. The van der Waals surface area contributed by atoms with E-state index in [1.54, 1.807) is 0 Å². The quantitative estimate of drug-likeness (QED) is 0.692. The molecule has 134 valence electrons. The average Bonchev–Trinajstić information content (AvgIpc) is 3.43. The minimum absolute atomic E-state index is 0.799. The fourth-order valence-electron chi connectivity index (χ4n) is 3.35. The summed E-state index contributed by atoms with van der Waals surface area (Å²) < 4.78 is 5.67. The van der Waals surface area contributed by atoms with E-state index in [1.807, 2.05) is 0 Å². The highest BCUT2D eigenvalue weighted by atomic mass is 16.5. The fraction of sp³-hybridized carbons (Fsp3) is 0.700. The number of ether oxygens (including phenoxy) is 1. The lowest BCUT2D eigenvalue weighted by Crippen LogP contribution is -2.48. The summed E-state index contributed by atoms with van der Waals surface area (Å²) in [7, 11) is 2.27. The molecule has 1 heterocycles. The molecule has 1 aromatic carbocycles. The molecule has 0 radical (unpaired) electrons. The van der Waals surface area contributed by atoms with Gasteiger partial charge < -0.3 is 14.5 Å². The van der Waals surface area contributed by atoms with E-state index in [-0.39, 0.29) is 0 Å². The number of rotatable bonds is 9. The van der Waals surface area contributed by atoms with Crippen molar-refractivity contribution in [2.45, 2.75) is 26.2 Å². The van der Waals surface area contributed by atoms with Crippen LogP contribution in [0, 0.1) is 5.92 Å². The van der Waals surface area contributed by atoms with Gasteiger partial charge in [0.1, 0.15) is 5.75 Å². The molecular weight excluding hydrogens is 298 g/mol. The lowest BCUT2D eigenvalue weighted by molar-refractivity contribution is 0.212. The van der Waals surface area contributed by atoms with Gasteiger partial charge in [0.2, 0.25) is 0 Å². The maximum atomic E-state index is 5.67. The summed E-state index contributed by atoms with van der Waals surface area (Å²) in [5.41, 5.74) is 1.32. The molecule has 0 N–H and O–H groups in total. The lowest BCUT2D eigenvalue weighted by Gasteiger charge is -2.36. The molecule has 4 heteroatoms. The molecule has 2 aliphatic rings. The van der Waals surface area contributed by atoms with Gasteiger partial charge >= 0.3 is 0 Å². The highest BCUT2D eigenvalue weighted by Gasteiger charge is 2.23. The van der Waals surface area contributed by atoms with Crippen LogP contribution in [0.2, 0.25) is 0 Å². The van der Waals surface area contributed by atoms with Gasteiger partial charge in [-0.1, -0.05) is 6.92 Å². The van der Waals surface area contributed by atoms with Gasteiger partial charge in [-0.05, 0) is 56.5 Å². The van der Waals surface area contributed by atoms with Crippen LogP contribution in [0.1, 0.15) is 26.2 Å². The maximum absolute atomic E-state index is 5.67. The highest BCUT2D eigenvalue weighted by Crippen LogP contribution is 2.29. The van der Waals surface area contributed by atoms with Crippen molar-refractivity contribution in [3.05, 3.63) is 24.3 Å². The summed E-state index contributed by atoms with van der Waals surface area (Å²) in [6.07, 6.45) is 3.95. The molecule has 1 saturated carbocycles. The molecule has 0 spiro atoms. The Balaban J connectivity index is 1.37. The molecule has 3 rings (SSSR count). The van der Waals surface area contributed by atoms with Crippen LogP contribution in [0.15, 0.2) is 24.3 Å². The first-order valence-corrected chi connectivity index (χ1v) is 9.63. The molecule has 1 saturated heterocycles. The summed E-state index contributed by atoms with van der Waals surface area (Å²) in [6.45, 7) is 11.2.